The summed E-state index contributed by atoms with van der Waals surface area (Å²) in [6, 6.07) is 0.636. The molecule has 0 amide bonds. The third-order valence-corrected chi connectivity index (χ3v) is 3.64. The van der Waals surface area contributed by atoms with Gasteiger partial charge >= 0.3 is 5.97 Å². The Balaban J connectivity index is 2.00. The molecule has 0 aromatic rings. The number of hydrogen-bond donors (Lipinski definition) is 1. The van der Waals surface area contributed by atoms with Crippen molar-refractivity contribution >= 4 is 5.97 Å². The van der Waals surface area contributed by atoms with E-state index in [1.807, 2.05) is 0 Å². The SMILES string of the molecule is CCCN(CC1(C(=O)O)CCOC1)C1CC1. The lowest BCUT2D eigenvalue weighted by Gasteiger charge is -2.31. The molecule has 1 saturated heterocycles. The summed E-state index contributed by atoms with van der Waals surface area (Å²) in [5.41, 5.74) is -0.641. The molecule has 2 aliphatic rings. The van der Waals surface area contributed by atoms with Crippen molar-refractivity contribution in [2.24, 2.45) is 5.41 Å². The first-order valence-electron chi connectivity index (χ1n) is 6.23. The minimum absolute atomic E-state index is 0.384. The smallest absolute Gasteiger partial charge is 0.313 e. The molecule has 1 heterocycles. The minimum atomic E-state index is -0.688. The van der Waals surface area contributed by atoms with Gasteiger partial charge in [-0.2, -0.15) is 0 Å². The molecule has 1 N–H and O–H groups in total. The highest BCUT2D eigenvalue weighted by atomic mass is 16.5. The van der Waals surface area contributed by atoms with Gasteiger partial charge in [0.05, 0.1) is 6.61 Å². The van der Waals surface area contributed by atoms with Crippen molar-refractivity contribution in [3.63, 3.8) is 0 Å². The van der Waals surface area contributed by atoms with Crippen molar-refractivity contribution in [2.45, 2.75) is 38.6 Å². The van der Waals surface area contributed by atoms with Gasteiger partial charge in [-0.25, -0.2) is 0 Å². The van der Waals surface area contributed by atoms with E-state index >= 15 is 0 Å². The highest BCUT2D eigenvalue weighted by molar-refractivity contribution is 5.75. The average molecular weight is 227 g/mol. The van der Waals surface area contributed by atoms with Crippen LogP contribution in [-0.2, 0) is 9.53 Å². The minimum Gasteiger partial charge on any atom is -0.481 e. The number of carboxylic acids is 1. The lowest BCUT2D eigenvalue weighted by molar-refractivity contribution is -0.150. The maximum Gasteiger partial charge on any atom is 0.313 e. The van der Waals surface area contributed by atoms with Gasteiger partial charge in [0.15, 0.2) is 0 Å². The summed E-state index contributed by atoms with van der Waals surface area (Å²) < 4.78 is 5.29. The van der Waals surface area contributed by atoms with E-state index in [9.17, 15) is 9.90 Å². The van der Waals surface area contributed by atoms with Crippen LogP contribution in [0.25, 0.3) is 0 Å². The molecule has 0 aromatic heterocycles. The van der Waals surface area contributed by atoms with Gasteiger partial charge in [-0.15, -0.1) is 0 Å². The molecule has 2 rings (SSSR count). The topological polar surface area (TPSA) is 49.8 Å². The largest absolute Gasteiger partial charge is 0.481 e. The molecular weight excluding hydrogens is 206 g/mol. The van der Waals surface area contributed by atoms with E-state index in [0.717, 1.165) is 13.0 Å². The number of rotatable bonds is 6. The average Bonchev–Trinajstić information content (AvgIpc) is 2.98. The van der Waals surface area contributed by atoms with Gasteiger partial charge in [0.25, 0.3) is 0 Å². The van der Waals surface area contributed by atoms with E-state index in [-0.39, 0.29) is 0 Å². The predicted molar refractivity (Wildman–Crippen MR) is 60.4 cm³/mol. The van der Waals surface area contributed by atoms with Crippen molar-refractivity contribution in [3.05, 3.63) is 0 Å². The van der Waals surface area contributed by atoms with Crippen LogP contribution >= 0.6 is 0 Å². The van der Waals surface area contributed by atoms with Crippen LogP contribution in [0.4, 0.5) is 0 Å². The second-order valence-electron chi connectivity index (χ2n) is 5.09. The van der Waals surface area contributed by atoms with Crippen LogP contribution in [0.3, 0.4) is 0 Å². The molecule has 1 atom stereocenters. The molecule has 92 valence electrons. The third-order valence-electron chi connectivity index (χ3n) is 3.64. The van der Waals surface area contributed by atoms with Crippen LogP contribution in [0.15, 0.2) is 0 Å². The summed E-state index contributed by atoms with van der Waals surface area (Å²) >= 11 is 0. The molecule has 16 heavy (non-hydrogen) atoms. The Kier molecular flexibility index (Phi) is 3.50. The summed E-state index contributed by atoms with van der Waals surface area (Å²) in [6.45, 7) is 4.81. The predicted octanol–water partition coefficient (Wildman–Crippen LogP) is 1.35. The molecule has 0 spiro atoms. The van der Waals surface area contributed by atoms with Crippen LogP contribution in [0.5, 0.6) is 0 Å². The zero-order valence-electron chi connectivity index (χ0n) is 9.95. The van der Waals surface area contributed by atoms with Crippen LogP contribution in [-0.4, -0.2) is 48.3 Å². The van der Waals surface area contributed by atoms with Gasteiger partial charge in [0.2, 0.25) is 0 Å². The Morgan fingerprint density at radius 2 is 2.31 bits per heavy atom. The second-order valence-corrected chi connectivity index (χ2v) is 5.09. The highest BCUT2D eigenvalue weighted by Gasteiger charge is 2.45. The summed E-state index contributed by atoms with van der Waals surface area (Å²) in [6.07, 6.45) is 4.22. The molecule has 0 radical (unpaired) electrons. The van der Waals surface area contributed by atoms with E-state index in [4.69, 9.17) is 4.74 Å². The highest BCUT2D eigenvalue weighted by Crippen LogP contribution is 2.35. The fourth-order valence-electron chi connectivity index (χ4n) is 2.47. The molecule has 0 aromatic carbocycles. The van der Waals surface area contributed by atoms with Crippen LogP contribution in [0, 0.1) is 5.41 Å². The zero-order chi connectivity index (χ0) is 11.6. The Bertz CT molecular complexity index is 257. The Morgan fingerprint density at radius 3 is 2.75 bits per heavy atom. The molecule has 2 fully saturated rings. The van der Waals surface area contributed by atoms with Gasteiger partial charge in [-0.05, 0) is 32.2 Å². The molecule has 4 nitrogen and oxygen atoms in total. The van der Waals surface area contributed by atoms with Crippen molar-refractivity contribution in [3.8, 4) is 0 Å². The Hall–Kier alpha value is -0.610. The van der Waals surface area contributed by atoms with Gasteiger partial charge in [-0.3, -0.25) is 9.69 Å². The normalized spacial score (nSPS) is 29.9. The van der Waals surface area contributed by atoms with Crippen molar-refractivity contribution < 1.29 is 14.6 Å². The number of ether oxygens (including phenoxy) is 1. The molecule has 1 aliphatic carbocycles. The molecule has 1 aliphatic heterocycles. The molecule has 1 unspecified atom stereocenters. The van der Waals surface area contributed by atoms with Gasteiger partial charge in [0.1, 0.15) is 5.41 Å². The fourth-order valence-corrected chi connectivity index (χ4v) is 2.47. The monoisotopic (exact) mass is 227 g/mol. The van der Waals surface area contributed by atoms with E-state index in [1.54, 1.807) is 0 Å². The summed E-state index contributed by atoms with van der Waals surface area (Å²) in [7, 11) is 0. The molecule has 0 bridgehead atoms. The molecule has 1 saturated carbocycles. The fraction of sp³-hybridized carbons (Fsp3) is 0.917. The van der Waals surface area contributed by atoms with Gasteiger partial charge in [-0.1, -0.05) is 6.92 Å². The van der Waals surface area contributed by atoms with Crippen LogP contribution < -0.4 is 0 Å². The third kappa shape index (κ3) is 2.38. The maximum atomic E-state index is 11.4. The lowest BCUT2D eigenvalue weighted by Crippen LogP contribution is -2.45. The molecular formula is C12H21NO3. The maximum absolute atomic E-state index is 11.4. The van der Waals surface area contributed by atoms with Gasteiger partial charge in [0, 0.05) is 19.2 Å². The number of carbonyl (C=O) groups is 1. The first-order valence-corrected chi connectivity index (χ1v) is 6.23. The van der Waals surface area contributed by atoms with Crippen molar-refractivity contribution in [1.29, 1.82) is 0 Å². The van der Waals surface area contributed by atoms with Crippen molar-refractivity contribution in [2.75, 3.05) is 26.3 Å². The Labute approximate surface area is 96.6 Å². The van der Waals surface area contributed by atoms with Crippen LogP contribution in [0.2, 0.25) is 0 Å². The lowest BCUT2D eigenvalue weighted by atomic mass is 9.86. The number of aliphatic carboxylic acids is 1. The summed E-state index contributed by atoms with van der Waals surface area (Å²) in [5.74, 6) is -0.688. The van der Waals surface area contributed by atoms with E-state index in [1.165, 1.54) is 12.8 Å². The molecule has 4 heteroatoms. The van der Waals surface area contributed by atoms with Gasteiger partial charge < -0.3 is 9.84 Å². The quantitative estimate of drug-likeness (QED) is 0.744. The van der Waals surface area contributed by atoms with E-state index in [2.05, 4.69) is 11.8 Å². The van der Waals surface area contributed by atoms with Crippen LogP contribution in [0.1, 0.15) is 32.6 Å². The Morgan fingerprint density at radius 1 is 1.56 bits per heavy atom. The number of nitrogens with zero attached hydrogens (tertiary/aromatic N) is 1. The number of carboxylic acid groups (broad SMARTS) is 1. The standard InChI is InChI=1S/C12H21NO3/c1-2-6-13(10-3-4-10)8-12(11(14)15)5-7-16-9-12/h10H,2-9H2,1H3,(H,14,15). The first kappa shape index (κ1) is 11.9. The summed E-state index contributed by atoms with van der Waals surface area (Å²) in [5, 5.41) is 9.38. The zero-order valence-corrected chi connectivity index (χ0v) is 9.95. The van der Waals surface area contributed by atoms with E-state index in [0.29, 0.717) is 32.2 Å². The first-order chi connectivity index (χ1) is 7.68. The van der Waals surface area contributed by atoms with Crippen molar-refractivity contribution in [1.82, 2.24) is 4.90 Å². The second kappa shape index (κ2) is 4.72. The van der Waals surface area contributed by atoms with E-state index < -0.39 is 11.4 Å². The number of hydrogen-bond acceptors (Lipinski definition) is 3. The summed E-state index contributed by atoms with van der Waals surface area (Å²) in [4.78, 5) is 13.7.